The predicted molar refractivity (Wildman–Crippen MR) is 63.1 cm³/mol. The number of aryl methyl sites for hydroxylation is 2. The maximum Gasteiger partial charge on any atom is 0.0834 e. The molecule has 3 heteroatoms. The van der Waals surface area contributed by atoms with E-state index in [1.54, 1.807) is 10.9 Å². The van der Waals surface area contributed by atoms with Crippen molar-refractivity contribution in [2.45, 2.75) is 19.4 Å². The van der Waals surface area contributed by atoms with Crippen molar-refractivity contribution in [3.63, 3.8) is 0 Å². The number of hydrogen-bond acceptors (Lipinski definition) is 2. The fourth-order valence-electron chi connectivity index (χ4n) is 1.87. The highest BCUT2D eigenvalue weighted by Gasteiger charge is 2.11. The average Bonchev–Trinajstić information content (AvgIpc) is 2.64. The first-order valence-electron chi connectivity index (χ1n) is 5.38. The second kappa shape index (κ2) is 4.49. The Labute approximate surface area is 95.3 Å². The molecule has 1 unspecified atom stereocenters. The molecule has 0 fully saturated rings. The van der Waals surface area contributed by atoms with Crippen molar-refractivity contribution in [3.05, 3.63) is 53.3 Å². The van der Waals surface area contributed by atoms with Crippen LogP contribution in [0.25, 0.3) is 0 Å². The number of rotatable bonds is 3. The van der Waals surface area contributed by atoms with Crippen LogP contribution in [-0.2, 0) is 13.5 Å². The molecule has 1 atom stereocenters. The summed E-state index contributed by atoms with van der Waals surface area (Å²) in [4.78, 5) is 0. The van der Waals surface area contributed by atoms with Crippen molar-refractivity contribution in [1.29, 1.82) is 0 Å². The monoisotopic (exact) mass is 216 g/mol. The molecule has 1 aromatic heterocycles. The van der Waals surface area contributed by atoms with E-state index in [-0.39, 0.29) is 0 Å². The highest BCUT2D eigenvalue weighted by atomic mass is 16.3. The highest BCUT2D eigenvalue weighted by molar-refractivity contribution is 5.28. The summed E-state index contributed by atoms with van der Waals surface area (Å²) in [5.41, 5.74) is 3.17. The Kier molecular flexibility index (Phi) is 3.06. The second-order valence-corrected chi connectivity index (χ2v) is 4.10. The van der Waals surface area contributed by atoms with Gasteiger partial charge >= 0.3 is 0 Å². The van der Waals surface area contributed by atoms with Crippen LogP contribution in [0.1, 0.15) is 22.8 Å². The molecule has 84 valence electrons. The largest absolute Gasteiger partial charge is 0.388 e. The van der Waals surface area contributed by atoms with Crippen LogP contribution in [0.3, 0.4) is 0 Å². The lowest BCUT2D eigenvalue weighted by Crippen LogP contribution is -2.03. The van der Waals surface area contributed by atoms with E-state index in [1.807, 2.05) is 44.4 Å². The minimum atomic E-state index is -0.453. The Hall–Kier alpha value is -1.61. The molecule has 2 rings (SSSR count). The van der Waals surface area contributed by atoms with Crippen LogP contribution in [-0.4, -0.2) is 14.9 Å². The zero-order valence-electron chi connectivity index (χ0n) is 9.59. The molecule has 3 nitrogen and oxygen atoms in total. The Morgan fingerprint density at radius 2 is 2.12 bits per heavy atom. The van der Waals surface area contributed by atoms with Gasteiger partial charge < -0.3 is 5.11 Å². The Balaban J connectivity index is 2.14. The van der Waals surface area contributed by atoms with Crippen molar-refractivity contribution in [2.24, 2.45) is 7.05 Å². The second-order valence-electron chi connectivity index (χ2n) is 4.10. The van der Waals surface area contributed by atoms with Gasteiger partial charge in [0.05, 0.1) is 12.3 Å². The molecule has 0 aliphatic carbocycles. The molecule has 1 heterocycles. The zero-order chi connectivity index (χ0) is 11.5. The topological polar surface area (TPSA) is 38.1 Å². The normalized spacial score (nSPS) is 12.7. The third-order valence-electron chi connectivity index (χ3n) is 2.73. The molecule has 0 amide bonds. The molecule has 0 saturated carbocycles. The minimum absolute atomic E-state index is 0.453. The molecule has 0 saturated heterocycles. The maximum absolute atomic E-state index is 10.1. The standard InChI is InChI=1S/C13H16N2O/c1-10-5-3-4-6-12(10)13(16)7-11-8-14-15(2)9-11/h3-6,8-9,13,16H,7H2,1-2H3. The quantitative estimate of drug-likeness (QED) is 0.852. The third kappa shape index (κ3) is 2.31. The summed E-state index contributed by atoms with van der Waals surface area (Å²) >= 11 is 0. The molecule has 1 aromatic carbocycles. The van der Waals surface area contributed by atoms with Crippen molar-refractivity contribution >= 4 is 0 Å². The summed E-state index contributed by atoms with van der Waals surface area (Å²) in [7, 11) is 1.88. The van der Waals surface area contributed by atoms with Crippen LogP contribution in [0.5, 0.6) is 0 Å². The first-order chi connectivity index (χ1) is 7.66. The molecule has 0 aliphatic heterocycles. The van der Waals surface area contributed by atoms with Crippen molar-refractivity contribution in [2.75, 3.05) is 0 Å². The van der Waals surface area contributed by atoms with Crippen molar-refractivity contribution < 1.29 is 5.11 Å². The average molecular weight is 216 g/mol. The lowest BCUT2D eigenvalue weighted by Gasteiger charge is -2.12. The van der Waals surface area contributed by atoms with Gasteiger partial charge in [-0.3, -0.25) is 4.68 Å². The van der Waals surface area contributed by atoms with Gasteiger partial charge in [-0.15, -0.1) is 0 Å². The van der Waals surface area contributed by atoms with E-state index in [9.17, 15) is 5.11 Å². The van der Waals surface area contributed by atoms with Gasteiger partial charge in [0, 0.05) is 19.7 Å². The maximum atomic E-state index is 10.1. The van der Waals surface area contributed by atoms with Crippen molar-refractivity contribution in [1.82, 2.24) is 9.78 Å². The van der Waals surface area contributed by atoms with Crippen LogP contribution in [0.15, 0.2) is 36.7 Å². The van der Waals surface area contributed by atoms with Crippen LogP contribution in [0, 0.1) is 6.92 Å². The van der Waals surface area contributed by atoms with Gasteiger partial charge in [-0.2, -0.15) is 5.10 Å². The van der Waals surface area contributed by atoms with Gasteiger partial charge in [0.2, 0.25) is 0 Å². The Bertz CT molecular complexity index is 476. The minimum Gasteiger partial charge on any atom is -0.388 e. The predicted octanol–water partition coefficient (Wildman–Crippen LogP) is 2.00. The van der Waals surface area contributed by atoms with Gasteiger partial charge in [0.25, 0.3) is 0 Å². The molecule has 0 aliphatic rings. The zero-order valence-corrected chi connectivity index (χ0v) is 9.59. The van der Waals surface area contributed by atoms with Gasteiger partial charge in [-0.05, 0) is 23.6 Å². The number of hydrogen-bond donors (Lipinski definition) is 1. The summed E-state index contributed by atoms with van der Waals surface area (Å²) in [6.45, 7) is 2.02. The van der Waals surface area contributed by atoms with E-state index in [2.05, 4.69) is 5.10 Å². The van der Waals surface area contributed by atoms with Crippen molar-refractivity contribution in [3.8, 4) is 0 Å². The lowest BCUT2D eigenvalue weighted by atomic mass is 9.99. The molecule has 2 aromatic rings. The molecule has 0 bridgehead atoms. The van der Waals surface area contributed by atoms with Gasteiger partial charge in [-0.1, -0.05) is 24.3 Å². The molecule has 1 N–H and O–H groups in total. The van der Waals surface area contributed by atoms with Crippen LogP contribution < -0.4 is 0 Å². The van der Waals surface area contributed by atoms with Crippen LogP contribution in [0.4, 0.5) is 0 Å². The summed E-state index contributed by atoms with van der Waals surface area (Å²) in [6, 6.07) is 7.92. The lowest BCUT2D eigenvalue weighted by molar-refractivity contribution is 0.177. The smallest absolute Gasteiger partial charge is 0.0834 e. The van der Waals surface area contributed by atoms with Gasteiger partial charge in [-0.25, -0.2) is 0 Å². The third-order valence-corrected chi connectivity index (χ3v) is 2.73. The first kappa shape index (κ1) is 10.9. The molecule has 0 radical (unpaired) electrons. The van der Waals surface area contributed by atoms with Gasteiger partial charge in [0.1, 0.15) is 0 Å². The molecular formula is C13H16N2O. The fraction of sp³-hybridized carbons (Fsp3) is 0.308. The highest BCUT2D eigenvalue weighted by Crippen LogP contribution is 2.20. The SMILES string of the molecule is Cc1ccccc1C(O)Cc1cnn(C)c1. The number of nitrogens with zero attached hydrogens (tertiary/aromatic N) is 2. The molecule has 0 spiro atoms. The molecule has 16 heavy (non-hydrogen) atoms. The van der Waals surface area contributed by atoms with E-state index < -0.39 is 6.10 Å². The van der Waals surface area contributed by atoms with E-state index >= 15 is 0 Å². The summed E-state index contributed by atoms with van der Waals surface area (Å²) in [5, 5.41) is 14.2. The number of aliphatic hydroxyl groups excluding tert-OH is 1. The van der Waals surface area contributed by atoms with E-state index in [1.165, 1.54) is 0 Å². The van der Waals surface area contributed by atoms with E-state index in [0.717, 1.165) is 16.7 Å². The Morgan fingerprint density at radius 3 is 2.75 bits per heavy atom. The fourth-order valence-corrected chi connectivity index (χ4v) is 1.87. The van der Waals surface area contributed by atoms with E-state index in [0.29, 0.717) is 6.42 Å². The van der Waals surface area contributed by atoms with Gasteiger partial charge in [0.15, 0.2) is 0 Å². The number of benzene rings is 1. The number of aromatic nitrogens is 2. The number of aliphatic hydroxyl groups is 1. The first-order valence-corrected chi connectivity index (χ1v) is 5.38. The van der Waals surface area contributed by atoms with E-state index in [4.69, 9.17) is 0 Å². The molecular weight excluding hydrogens is 200 g/mol. The van der Waals surface area contributed by atoms with Crippen LogP contribution >= 0.6 is 0 Å². The summed E-state index contributed by atoms with van der Waals surface area (Å²) < 4.78 is 1.75. The van der Waals surface area contributed by atoms with Crippen LogP contribution in [0.2, 0.25) is 0 Å². The summed E-state index contributed by atoms with van der Waals surface area (Å²) in [5.74, 6) is 0. The summed E-state index contributed by atoms with van der Waals surface area (Å²) in [6.07, 6.45) is 3.88. The Morgan fingerprint density at radius 1 is 1.38 bits per heavy atom.